The van der Waals surface area contributed by atoms with E-state index in [9.17, 15) is 0 Å². The van der Waals surface area contributed by atoms with Crippen molar-refractivity contribution in [3.63, 3.8) is 0 Å². The van der Waals surface area contributed by atoms with Crippen LogP contribution < -0.4 is 4.90 Å². The van der Waals surface area contributed by atoms with Crippen molar-refractivity contribution in [3.8, 4) is 11.3 Å². The van der Waals surface area contributed by atoms with Gasteiger partial charge in [0, 0.05) is 28.9 Å². The minimum absolute atomic E-state index is 0.608. The predicted molar refractivity (Wildman–Crippen MR) is 100 cm³/mol. The Labute approximate surface area is 148 Å². The monoisotopic (exact) mass is 364 g/mol. The summed E-state index contributed by atoms with van der Waals surface area (Å²) >= 11 is 9.53. The molecule has 0 N–H and O–H groups in total. The molecule has 0 aliphatic carbocycles. The Balaban J connectivity index is 1.63. The van der Waals surface area contributed by atoms with Crippen LogP contribution in [0, 0.1) is 0 Å². The fourth-order valence-electron chi connectivity index (χ4n) is 3.02. The summed E-state index contributed by atoms with van der Waals surface area (Å²) in [4.78, 5) is 8.11. The first-order valence-corrected chi connectivity index (χ1v) is 10.2. The smallest absolute Gasteiger partial charge is 0.214 e. The van der Waals surface area contributed by atoms with Crippen LogP contribution in [-0.4, -0.2) is 39.2 Å². The summed E-state index contributed by atoms with van der Waals surface area (Å²) in [5.41, 5.74) is 2.00. The van der Waals surface area contributed by atoms with Crippen LogP contribution in [0.5, 0.6) is 0 Å². The van der Waals surface area contributed by atoms with Crippen molar-refractivity contribution in [2.24, 2.45) is 0 Å². The molecule has 1 aromatic carbocycles. The van der Waals surface area contributed by atoms with E-state index in [1.165, 1.54) is 12.8 Å². The quantitative estimate of drug-likeness (QED) is 0.685. The van der Waals surface area contributed by atoms with Crippen LogP contribution >= 0.6 is 34.7 Å². The highest BCUT2D eigenvalue weighted by atomic mass is 35.5. The highest BCUT2D eigenvalue weighted by Gasteiger charge is 2.27. The Morgan fingerprint density at radius 2 is 2.17 bits per heavy atom. The van der Waals surface area contributed by atoms with E-state index in [-0.39, 0.29) is 0 Å². The molecule has 0 saturated carbocycles. The molecule has 2 aromatic heterocycles. The lowest BCUT2D eigenvalue weighted by atomic mass is 10.2. The van der Waals surface area contributed by atoms with Gasteiger partial charge in [0.2, 0.25) is 10.1 Å². The van der Waals surface area contributed by atoms with E-state index in [1.54, 1.807) is 11.3 Å². The van der Waals surface area contributed by atoms with Gasteiger partial charge in [0.25, 0.3) is 0 Å². The van der Waals surface area contributed by atoms with Gasteiger partial charge in [-0.25, -0.2) is 9.50 Å². The average Bonchev–Trinajstić information content (AvgIpc) is 3.21. The average molecular weight is 365 g/mol. The van der Waals surface area contributed by atoms with Crippen molar-refractivity contribution < 1.29 is 0 Å². The number of hydrogen-bond acceptors (Lipinski definition) is 5. The second-order valence-electron chi connectivity index (χ2n) is 5.69. The van der Waals surface area contributed by atoms with Gasteiger partial charge in [0.1, 0.15) is 0 Å². The molecule has 4 nitrogen and oxygen atoms in total. The topological polar surface area (TPSA) is 33.4 Å². The van der Waals surface area contributed by atoms with Gasteiger partial charge in [-0.15, -0.1) is 5.10 Å². The Morgan fingerprint density at radius 1 is 1.35 bits per heavy atom. The molecule has 23 heavy (non-hydrogen) atoms. The molecule has 0 spiro atoms. The minimum atomic E-state index is 0.608. The Kier molecular flexibility index (Phi) is 4.22. The molecule has 120 valence electrons. The first-order chi connectivity index (χ1) is 11.2. The number of aromatic nitrogens is 3. The van der Waals surface area contributed by atoms with Gasteiger partial charge in [-0.3, -0.25) is 0 Å². The number of fused-ring (bicyclic) bond motifs is 1. The molecule has 3 aromatic rings. The first kappa shape index (κ1) is 15.3. The van der Waals surface area contributed by atoms with Crippen LogP contribution in [0.2, 0.25) is 5.02 Å². The second-order valence-corrected chi connectivity index (χ2v) is 7.97. The van der Waals surface area contributed by atoms with Crippen LogP contribution in [0.4, 0.5) is 5.13 Å². The number of halogens is 1. The number of anilines is 1. The van der Waals surface area contributed by atoms with Crippen LogP contribution in [0.15, 0.2) is 30.5 Å². The maximum Gasteiger partial charge on any atom is 0.214 e. The summed E-state index contributed by atoms with van der Waals surface area (Å²) in [7, 11) is 0. The van der Waals surface area contributed by atoms with E-state index < -0.39 is 0 Å². The summed E-state index contributed by atoms with van der Waals surface area (Å²) in [5, 5.41) is 6.58. The third-order valence-corrected chi connectivity index (χ3v) is 6.08. The standard InChI is InChI=1S/C16H17ClN4S2/c1-22-10-13-3-2-8-20(13)16-19-21-9-14(18-15(21)23-16)11-4-6-12(17)7-5-11/h4-7,9,13H,2-3,8,10H2,1H3. The molecule has 1 unspecified atom stereocenters. The SMILES string of the molecule is CSCC1CCCN1c1nn2cc(-c3ccc(Cl)cc3)nc2s1. The molecule has 1 aliphatic heterocycles. The number of hydrogen-bond donors (Lipinski definition) is 0. The number of thioether (sulfide) groups is 1. The zero-order chi connectivity index (χ0) is 15.8. The fraction of sp³-hybridized carbons (Fsp3) is 0.375. The zero-order valence-electron chi connectivity index (χ0n) is 12.8. The van der Waals surface area contributed by atoms with Crippen molar-refractivity contribution >= 4 is 44.8 Å². The van der Waals surface area contributed by atoms with Gasteiger partial charge in [0.15, 0.2) is 0 Å². The van der Waals surface area contributed by atoms with Crippen LogP contribution in [0.1, 0.15) is 12.8 Å². The van der Waals surface area contributed by atoms with E-state index in [0.717, 1.165) is 38.7 Å². The van der Waals surface area contributed by atoms with E-state index >= 15 is 0 Å². The van der Waals surface area contributed by atoms with E-state index in [1.807, 2.05) is 46.7 Å². The zero-order valence-corrected chi connectivity index (χ0v) is 15.2. The highest BCUT2D eigenvalue weighted by molar-refractivity contribution is 7.98. The second kappa shape index (κ2) is 6.34. The third-order valence-electron chi connectivity index (χ3n) is 4.15. The van der Waals surface area contributed by atoms with Crippen LogP contribution in [0.3, 0.4) is 0 Å². The van der Waals surface area contributed by atoms with Gasteiger partial charge in [-0.2, -0.15) is 11.8 Å². The number of benzene rings is 1. The van der Waals surface area contributed by atoms with Crippen molar-refractivity contribution in [1.29, 1.82) is 0 Å². The number of rotatable bonds is 4. The molecule has 0 radical (unpaired) electrons. The fourth-order valence-corrected chi connectivity index (χ4v) is 4.86. The summed E-state index contributed by atoms with van der Waals surface area (Å²) in [5.74, 6) is 1.16. The lowest BCUT2D eigenvalue weighted by Crippen LogP contribution is -2.31. The minimum Gasteiger partial charge on any atom is -0.343 e. The molecule has 1 saturated heterocycles. The predicted octanol–water partition coefficient (Wildman–Crippen LogP) is 4.44. The molecule has 4 rings (SSSR count). The highest BCUT2D eigenvalue weighted by Crippen LogP contribution is 2.32. The normalized spacial score (nSPS) is 18.2. The molecular formula is C16H17ClN4S2. The third kappa shape index (κ3) is 2.95. The van der Waals surface area contributed by atoms with E-state index in [0.29, 0.717) is 6.04 Å². The molecule has 0 amide bonds. The van der Waals surface area contributed by atoms with Gasteiger partial charge in [0.05, 0.1) is 11.9 Å². The largest absolute Gasteiger partial charge is 0.343 e. The van der Waals surface area contributed by atoms with Crippen molar-refractivity contribution in [2.45, 2.75) is 18.9 Å². The lowest BCUT2D eigenvalue weighted by molar-refractivity contribution is 0.736. The Hall–Kier alpha value is -1.24. The Morgan fingerprint density at radius 3 is 2.91 bits per heavy atom. The summed E-state index contributed by atoms with van der Waals surface area (Å²) < 4.78 is 1.90. The summed E-state index contributed by atoms with van der Waals surface area (Å²) in [6.07, 6.45) is 6.68. The van der Waals surface area contributed by atoms with Crippen molar-refractivity contribution in [3.05, 3.63) is 35.5 Å². The maximum atomic E-state index is 5.95. The van der Waals surface area contributed by atoms with Crippen molar-refractivity contribution in [1.82, 2.24) is 14.6 Å². The first-order valence-electron chi connectivity index (χ1n) is 7.62. The molecule has 3 heterocycles. The van der Waals surface area contributed by atoms with Gasteiger partial charge in [-0.1, -0.05) is 35.1 Å². The van der Waals surface area contributed by atoms with Crippen molar-refractivity contribution in [2.75, 3.05) is 23.5 Å². The molecule has 1 fully saturated rings. The molecule has 1 aliphatic rings. The summed E-state index contributed by atoms with van der Waals surface area (Å²) in [6, 6.07) is 8.37. The number of nitrogens with zero attached hydrogens (tertiary/aromatic N) is 4. The number of imidazole rings is 1. The van der Waals surface area contributed by atoms with Gasteiger partial charge in [-0.05, 0) is 31.2 Å². The van der Waals surface area contributed by atoms with E-state index in [4.69, 9.17) is 21.7 Å². The van der Waals surface area contributed by atoms with Crippen LogP contribution in [0.25, 0.3) is 16.2 Å². The molecular weight excluding hydrogens is 348 g/mol. The molecule has 7 heteroatoms. The van der Waals surface area contributed by atoms with Gasteiger partial charge < -0.3 is 4.90 Å². The Bertz CT molecular complexity index is 780. The van der Waals surface area contributed by atoms with E-state index in [2.05, 4.69) is 11.2 Å². The molecule has 1 atom stereocenters. The lowest BCUT2D eigenvalue weighted by Gasteiger charge is -2.22. The van der Waals surface area contributed by atoms with Crippen LogP contribution in [-0.2, 0) is 0 Å². The molecule has 0 bridgehead atoms. The van der Waals surface area contributed by atoms with Gasteiger partial charge >= 0.3 is 0 Å². The summed E-state index contributed by atoms with van der Waals surface area (Å²) in [6.45, 7) is 1.10. The maximum absolute atomic E-state index is 5.95.